The van der Waals surface area contributed by atoms with Crippen molar-refractivity contribution in [2.45, 2.75) is 6.04 Å². The van der Waals surface area contributed by atoms with Crippen LogP contribution in [0.15, 0.2) is 110 Å². The number of rotatable bonds is 1. The third-order valence-electron chi connectivity index (χ3n) is 6.83. The van der Waals surface area contributed by atoms with Gasteiger partial charge in [-0.25, -0.2) is 4.58 Å². The predicted octanol–water partition coefficient (Wildman–Crippen LogP) is 4.67. The molecule has 0 saturated heterocycles. The number of anilines is 1. The third-order valence-corrected chi connectivity index (χ3v) is 6.83. The van der Waals surface area contributed by atoms with Crippen LogP contribution in [-0.2, 0) is 20.1 Å². The maximum atomic E-state index is 4.69. The maximum Gasteiger partial charge on any atom is 3.00 e. The van der Waals surface area contributed by atoms with E-state index in [1.54, 1.807) is 0 Å². The molecule has 5 aromatic rings. The van der Waals surface area contributed by atoms with Gasteiger partial charge in [-0.15, -0.1) is 23.0 Å². The summed E-state index contributed by atoms with van der Waals surface area (Å²) in [5.74, 6) is 0. The Labute approximate surface area is 235 Å². The second-order valence-corrected chi connectivity index (χ2v) is 9.14. The molecule has 0 aliphatic carbocycles. The van der Waals surface area contributed by atoms with Gasteiger partial charge in [0.25, 0.3) is 0 Å². The minimum atomic E-state index is 0. The summed E-state index contributed by atoms with van der Waals surface area (Å²) < 4.78 is 2.37. The van der Waals surface area contributed by atoms with Gasteiger partial charge in [0.05, 0.1) is 16.5 Å². The van der Waals surface area contributed by atoms with Gasteiger partial charge in [0.15, 0.2) is 6.04 Å². The summed E-state index contributed by atoms with van der Waals surface area (Å²) in [6.07, 6.45) is 11.5. The van der Waals surface area contributed by atoms with Crippen LogP contribution in [0.2, 0.25) is 0 Å². The Balaban J connectivity index is 0.000000172. The summed E-state index contributed by atoms with van der Waals surface area (Å²) in [7, 11) is 2.00. The van der Waals surface area contributed by atoms with Crippen LogP contribution < -0.4 is 20.1 Å². The molecule has 184 valence electrons. The first-order valence-electron chi connectivity index (χ1n) is 12.3. The Morgan fingerprint density at radius 1 is 0.868 bits per heavy atom. The quantitative estimate of drug-likeness (QED) is 0.192. The van der Waals surface area contributed by atoms with E-state index in [1.807, 2.05) is 84.7 Å². The molecule has 3 aliphatic rings. The summed E-state index contributed by atoms with van der Waals surface area (Å²) in [5, 5.41) is 3.48. The molecule has 5 heterocycles. The van der Waals surface area contributed by atoms with E-state index in [0.717, 1.165) is 38.6 Å². The van der Waals surface area contributed by atoms with Gasteiger partial charge >= 0.3 is 20.1 Å². The molecule has 0 fully saturated rings. The monoisotopic (exact) mass is 670 g/mol. The molecule has 3 aliphatic heterocycles. The van der Waals surface area contributed by atoms with E-state index >= 15 is 0 Å². The van der Waals surface area contributed by atoms with Crippen molar-refractivity contribution < 1.29 is 20.1 Å². The molecule has 0 N–H and O–H groups in total. The molecule has 0 amide bonds. The summed E-state index contributed by atoms with van der Waals surface area (Å²) in [6.45, 7) is 2.01. The number of benzene rings is 3. The van der Waals surface area contributed by atoms with Crippen LogP contribution in [-0.4, -0.2) is 21.9 Å². The zero-order valence-corrected chi connectivity index (χ0v) is 23.0. The van der Waals surface area contributed by atoms with E-state index in [4.69, 9.17) is 4.98 Å². The molecule has 1 atom stereocenters. The SMILES string of the molecule is CN1C=CN(c2[c-]cccc2)[CH-]1.[C-]1=c2ccccc2=[N+]2c3c(cnc4ccccc34)-c3cccnc3C12.[Ir+3]. The van der Waals surface area contributed by atoms with Gasteiger partial charge in [0, 0.05) is 18.0 Å². The molecule has 6 heteroatoms. The number of hydrogen-bond donors (Lipinski definition) is 0. The van der Waals surface area contributed by atoms with Crippen molar-refractivity contribution in [3.63, 3.8) is 0 Å². The predicted molar refractivity (Wildman–Crippen MR) is 147 cm³/mol. The van der Waals surface area contributed by atoms with Gasteiger partial charge in [-0.2, -0.15) is 43.1 Å². The summed E-state index contributed by atoms with van der Waals surface area (Å²) in [4.78, 5) is 13.4. The van der Waals surface area contributed by atoms with Crippen LogP contribution in [0, 0.1) is 12.7 Å². The average Bonchev–Trinajstić information content (AvgIpc) is 3.58. The largest absolute Gasteiger partial charge is 3.00 e. The Morgan fingerprint density at radius 3 is 2.55 bits per heavy atom. The molecule has 0 spiro atoms. The molecule has 2 aromatic heterocycles. The Hall–Kier alpha value is -4.12. The standard InChI is InChI=1S/C22H13N3.C10H10N2.Ir/c1-4-10-19-14(6-1)12-20-21-15(8-5-11-23-21)17-13-24-18-9-3-2-7-16(18)22(17)25(19)20;1-11-7-8-12(9-11)10-5-3-2-4-6-10;/h1-11,13,20H;2-5,7-9H,1H3;/q;-2;+3. The molecule has 1 unspecified atom stereocenters. The first-order valence-corrected chi connectivity index (χ1v) is 12.3. The number of hydrogen-bond acceptors (Lipinski definition) is 4. The number of pyridine rings is 2. The maximum absolute atomic E-state index is 4.69. The molecule has 5 nitrogen and oxygen atoms in total. The van der Waals surface area contributed by atoms with Crippen molar-refractivity contribution in [3.05, 3.63) is 139 Å². The van der Waals surface area contributed by atoms with Crippen LogP contribution in [0.25, 0.3) is 28.1 Å². The van der Waals surface area contributed by atoms with E-state index in [-0.39, 0.29) is 26.1 Å². The number of para-hydroxylation sites is 3. The molecule has 0 saturated carbocycles. The van der Waals surface area contributed by atoms with Gasteiger partial charge in [0.1, 0.15) is 11.1 Å². The van der Waals surface area contributed by atoms with Crippen molar-refractivity contribution in [3.8, 4) is 11.1 Å². The second kappa shape index (κ2) is 9.97. The van der Waals surface area contributed by atoms with E-state index in [2.05, 4.69) is 70.2 Å². The number of nitrogens with zero attached hydrogens (tertiary/aromatic N) is 5. The van der Waals surface area contributed by atoms with Crippen LogP contribution in [0.4, 0.5) is 11.4 Å². The van der Waals surface area contributed by atoms with Gasteiger partial charge in [0.2, 0.25) is 5.69 Å². The Kier molecular flexibility index (Phi) is 6.36. The number of fused-ring (bicyclic) bond motifs is 9. The van der Waals surface area contributed by atoms with E-state index < -0.39 is 0 Å². The van der Waals surface area contributed by atoms with Crippen molar-refractivity contribution in [1.29, 1.82) is 0 Å². The zero-order valence-electron chi connectivity index (χ0n) is 20.6. The topological polar surface area (TPSA) is 35.3 Å². The minimum absolute atomic E-state index is 0. The first-order chi connectivity index (χ1) is 18.3. The number of aromatic nitrogens is 2. The molecule has 0 radical (unpaired) electrons. The molecular formula is C32H23IrN5+. The van der Waals surface area contributed by atoms with Crippen LogP contribution in [0.5, 0.6) is 0 Å². The van der Waals surface area contributed by atoms with Gasteiger partial charge < -0.3 is 9.80 Å². The third kappa shape index (κ3) is 4.03. The van der Waals surface area contributed by atoms with E-state index in [1.165, 1.54) is 11.0 Å². The molecule has 3 aromatic carbocycles. The minimum Gasteiger partial charge on any atom is -0.510 e. The fourth-order valence-electron chi connectivity index (χ4n) is 5.18. The van der Waals surface area contributed by atoms with Crippen molar-refractivity contribution in [1.82, 2.24) is 19.4 Å². The smallest absolute Gasteiger partial charge is 0.510 e. The summed E-state index contributed by atoms with van der Waals surface area (Å²) in [6, 6.07) is 32.0. The van der Waals surface area contributed by atoms with Crippen molar-refractivity contribution in [2.24, 2.45) is 0 Å². The molecular weight excluding hydrogens is 647 g/mol. The zero-order chi connectivity index (χ0) is 24.8. The fraction of sp³-hybridized carbons (Fsp3) is 0.0625. The van der Waals surface area contributed by atoms with Crippen LogP contribution in [0.1, 0.15) is 11.7 Å². The van der Waals surface area contributed by atoms with Gasteiger partial charge in [-0.1, -0.05) is 24.3 Å². The average molecular weight is 670 g/mol. The summed E-state index contributed by atoms with van der Waals surface area (Å²) in [5.41, 5.74) is 6.61. The second-order valence-electron chi connectivity index (χ2n) is 9.14. The van der Waals surface area contributed by atoms with Gasteiger partial charge in [-0.3, -0.25) is 9.97 Å². The molecule has 8 rings (SSSR count). The normalized spacial score (nSPS) is 15.9. The van der Waals surface area contributed by atoms with E-state index in [9.17, 15) is 0 Å². The summed E-state index contributed by atoms with van der Waals surface area (Å²) >= 11 is 0. The van der Waals surface area contributed by atoms with Crippen molar-refractivity contribution >= 4 is 28.4 Å². The van der Waals surface area contributed by atoms with Crippen molar-refractivity contribution in [2.75, 3.05) is 11.9 Å². The first kappa shape index (κ1) is 24.2. The molecule has 0 bridgehead atoms. The van der Waals surface area contributed by atoms with E-state index in [0.29, 0.717) is 0 Å². The Bertz CT molecular complexity index is 1800. The Morgan fingerprint density at radius 2 is 1.71 bits per heavy atom. The van der Waals surface area contributed by atoms with Gasteiger partial charge in [-0.05, 0) is 43.7 Å². The fourth-order valence-corrected chi connectivity index (χ4v) is 5.18. The van der Waals surface area contributed by atoms with Crippen LogP contribution in [0.3, 0.4) is 0 Å². The van der Waals surface area contributed by atoms with Crippen LogP contribution >= 0.6 is 0 Å². The molecule has 38 heavy (non-hydrogen) atoms.